The first-order chi connectivity index (χ1) is 14.2. The molecule has 10 nitrogen and oxygen atoms in total. The maximum absolute atomic E-state index is 12.8. The Morgan fingerprint density at radius 3 is 2.50 bits per heavy atom. The molecule has 3 N–H and O–H groups in total. The van der Waals surface area contributed by atoms with E-state index in [2.05, 4.69) is 19.8 Å². The average Bonchev–Trinajstić information content (AvgIpc) is 3.19. The maximum Gasteiger partial charge on any atom is 0.262 e. The molecule has 0 saturated heterocycles. The van der Waals surface area contributed by atoms with Gasteiger partial charge in [-0.1, -0.05) is 6.07 Å². The van der Waals surface area contributed by atoms with Crippen LogP contribution in [0.3, 0.4) is 0 Å². The lowest BCUT2D eigenvalue weighted by molar-refractivity contribution is -0.118. The third-order valence-corrected chi connectivity index (χ3v) is 7.18. The van der Waals surface area contributed by atoms with Crippen molar-refractivity contribution in [2.24, 2.45) is 4.99 Å². The topological polar surface area (TPSA) is 143 Å². The number of fused-ring (bicyclic) bond motifs is 1. The number of carbonyl (C=O) groups excluding carboxylic acids is 1. The highest BCUT2D eigenvalue weighted by atomic mass is 32.2. The first-order valence-electron chi connectivity index (χ1n) is 8.99. The lowest BCUT2D eigenvalue weighted by Gasteiger charge is -2.18. The normalized spacial score (nSPS) is 16.1. The van der Waals surface area contributed by atoms with E-state index in [1.54, 1.807) is 0 Å². The van der Waals surface area contributed by atoms with Gasteiger partial charge >= 0.3 is 0 Å². The molecule has 2 aliphatic rings. The summed E-state index contributed by atoms with van der Waals surface area (Å²) in [5, 5.41) is 2.54. The van der Waals surface area contributed by atoms with Crippen molar-refractivity contribution in [2.45, 2.75) is 22.6 Å². The van der Waals surface area contributed by atoms with Crippen molar-refractivity contribution in [3.63, 3.8) is 0 Å². The highest BCUT2D eigenvalue weighted by molar-refractivity contribution is 7.92. The quantitative estimate of drug-likeness (QED) is 0.626. The van der Waals surface area contributed by atoms with Crippen molar-refractivity contribution >= 4 is 43.2 Å². The molecule has 30 heavy (non-hydrogen) atoms. The Kier molecular flexibility index (Phi) is 5.12. The van der Waals surface area contributed by atoms with Crippen LogP contribution in [-0.2, 0) is 24.8 Å². The fraction of sp³-hybridized carbons (Fsp3) is 0.222. The van der Waals surface area contributed by atoms with Crippen molar-refractivity contribution in [3.05, 3.63) is 42.5 Å². The number of aliphatic imine (C=N–C) groups is 1. The predicted octanol–water partition coefficient (Wildman–Crippen LogP) is 1.29. The molecule has 0 atom stereocenters. The Balaban J connectivity index is 1.57. The summed E-state index contributed by atoms with van der Waals surface area (Å²) in [5.74, 6) is 0.365. The third kappa shape index (κ3) is 4.24. The van der Waals surface area contributed by atoms with Gasteiger partial charge in [0.15, 0.2) is 6.61 Å². The lowest BCUT2D eigenvalue weighted by atomic mass is 10.2. The van der Waals surface area contributed by atoms with Crippen LogP contribution in [0.15, 0.2) is 57.2 Å². The van der Waals surface area contributed by atoms with E-state index in [0.717, 1.165) is 6.42 Å². The molecular weight excluding hydrogens is 432 g/mol. The zero-order valence-electron chi connectivity index (χ0n) is 15.6. The number of rotatable bonds is 5. The van der Waals surface area contributed by atoms with Crippen LogP contribution in [0.1, 0.15) is 12.8 Å². The summed E-state index contributed by atoms with van der Waals surface area (Å²) in [6.07, 6.45) is 1.33. The highest BCUT2D eigenvalue weighted by Crippen LogP contribution is 2.31. The first-order valence-corrected chi connectivity index (χ1v) is 12.0. The second kappa shape index (κ2) is 7.61. The summed E-state index contributed by atoms with van der Waals surface area (Å²) in [5.41, 5.74) is 0.316. The van der Waals surface area contributed by atoms with E-state index in [1.165, 1.54) is 42.5 Å². The van der Waals surface area contributed by atoms with Crippen molar-refractivity contribution < 1.29 is 26.4 Å². The lowest BCUT2D eigenvalue weighted by Crippen LogP contribution is -2.29. The summed E-state index contributed by atoms with van der Waals surface area (Å²) >= 11 is 0. The summed E-state index contributed by atoms with van der Waals surface area (Å²) in [7, 11) is -7.93. The minimum atomic E-state index is -4.04. The predicted molar refractivity (Wildman–Crippen MR) is 110 cm³/mol. The summed E-state index contributed by atoms with van der Waals surface area (Å²) in [4.78, 5) is 15.3. The van der Waals surface area contributed by atoms with Gasteiger partial charge in [0.25, 0.3) is 26.0 Å². The van der Waals surface area contributed by atoms with Gasteiger partial charge in [0.05, 0.1) is 21.2 Å². The molecule has 4 rings (SSSR count). The molecule has 0 aromatic heterocycles. The molecule has 2 heterocycles. The van der Waals surface area contributed by atoms with E-state index in [-0.39, 0.29) is 33.7 Å². The van der Waals surface area contributed by atoms with Gasteiger partial charge in [-0.25, -0.2) is 16.8 Å². The molecule has 2 aromatic rings. The van der Waals surface area contributed by atoms with E-state index < -0.39 is 20.0 Å². The van der Waals surface area contributed by atoms with Gasteiger partial charge in [-0.3, -0.25) is 19.2 Å². The summed E-state index contributed by atoms with van der Waals surface area (Å²) in [6, 6.07) is 9.50. The van der Waals surface area contributed by atoms with Gasteiger partial charge in [-0.2, -0.15) is 0 Å². The number of nitrogens with one attached hydrogen (secondary N) is 3. The Bertz CT molecular complexity index is 1260. The van der Waals surface area contributed by atoms with Crippen LogP contribution < -0.4 is 19.5 Å². The van der Waals surface area contributed by atoms with E-state index in [0.29, 0.717) is 24.6 Å². The van der Waals surface area contributed by atoms with Crippen molar-refractivity contribution in [2.75, 3.05) is 23.2 Å². The van der Waals surface area contributed by atoms with Crippen LogP contribution >= 0.6 is 0 Å². The number of amides is 1. The largest absolute Gasteiger partial charge is 0.482 e. The standard InChI is InChI=1S/C18H18N4O6S2/c23-18-11-28-16-7-6-14(10-15(16)20-18)29(24,25)21-12-3-1-4-13(9-12)30(26,27)22-17-5-2-8-19-17/h1,3-4,6-7,9-10,21H,2,5,8,11H2,(H,19,22)(H,20,23). The summed E-state index contributed by atoms with van der Waals surface area (Å²) < 4.78 is 60.6. The van der Waals surface area contributed by atoms with Crippen molar-refractivity contribution in [1.29, 1.82) is 0 Å². The van der Waals surface area contributed by atoms with Gasteiger partial charge in [0.1, 0.15) is 11.6 Å². The first kappa shape index (κ1) is 20.2. The van der Waals surface area contributed by atoms with Crippen LogP contribution in [0, 0.1) is 0 Å². The number of hydrogen-bond donors (Lipinski definition) is 3. The van der Waals surface area contributed by atoms with Gasteiger partial charge in [-0.15, -0.1) is 0 Å². The number of ether oxygens (including phenoxy) is 1. The van der Waals surface area contributed by atoms with E-state index in [4.69, 9.17) is 4.74 Å². The fourth-order valence-corrected chi connectivity index (χ4v) is 5.22. The van der Waals surface area contributed by atoms with Gasteiger partial charge in [0, 0.05) is 13.0 Å². The van der Waals surface area contributed by atoms with E-state index >= 15 is 0 Å². The average molecular weight is 450 g/mol. The minimum absolute atomic E-state index is 0.0734. The number of benzene rings is 2. The SMILES string of the molecule is O=C1COc2ccc(S(=O)(=O)Nc3cccc(S(=O)(=O)NC4=NCCC4)c3)cc2N1. The molecule has 0 unspecified atom stereocenters. The van der Waals surface area contributed by atoms with Gasteiger partial charge in [0.2, 0.25) is 0 Å². The maximum atomic E-state index is 12.8. The smallest absolute Gasteiger partial charge is 0.262 e. The molecule has 0 aliphatic carbocycles. The zero-order valence-corrected chi connectivity index (χ0v) is 17.2. The van der Waals surface area contributed by atoms with Crippen LogP contribution in [0.25, 0.3) is 0 Å². The van der Waals surface area contributed by atoms with Crippen LogP contribution in [-0.4, -0.2) is 41.7 Å². The molecule has 0 fully saturated rings. The van der Waals surface area contributed by atoms with Crippen molar-refractivity contribution in [1.82, 2.24) is 4.72 Å². The Morgan fingerprint density at radius 2 is 1.73 bits per heavy atom. The van der Waals surface area contributed by atoms with Crippen molar-refractivity contribution in [3.8, 4) is 5.75 Å². The molecular formula is C18H18N4O6S2. The monoisotopic (exact) mass is 450 g/mol. The van der Waals surface area contributed by atoms with E-state index in [1.807, 2.05) is 0 Å². The van der Waals surface area contributed by atoms with Crippen LogP contribution in [0.5, 0.6) is 5.75 Å². The second-order valence-electron chi connectivity index (χ2n) is 6.67. The number of nitrogens with zero attached hydrogens (tertiary/aromatic N) is 1. The zero-order chi connectivity index (χ0) is 21.4. The van der Waals surface area contributed by atoms with Crippen LogP contribution in [0.4, 0.5) is 11.4 Å². The Hall–Kier alpha value is -3.12. The van der Waals surface area contributed by atoms with Crippen LogP contribution in [0.2, 0.25) is 0 Å². The molecule has 2 aromatic carbocycles. The number of sulfonamides is 2. The Morgan fingerprint density at radius 1 is 0.967 bits per heavy atom. The minimum Gasteiger partial charge on any atom is -0.482 e. The highest BCUT2D eigenvalue weighted by Gasteiger charge is 2.22. The van der Waals surface area contributed by atoms with Gasteiger partial charge in [-0.05, 0) is 42.8 Å². The molecule has 1 amide bonds. The second-order valence-corrected chi connectivity index (χ2v) is 10.0. The van der Waals surface area contributed by atoms with E-state index in [9.17, 15) is 21.6 Å². The molecule has 12 heteroatoms. The molecule has 0 saturated carbocycles. The Labute approximate surface area is 173 Å². The molecule has 0 bridgehead atoms. The summed E-state index contributed by atoms with van der Waals surface area (Å²) in [6.45, 7) is 0.434. The van der Waals surface area contributed by atoms with Gasteiger partial charge < -0.3 is 10.1 Å². The number of hydrogen-bond acceptors (Lipinski definition) is 7. The number of amidine groups is 1. The molecule has 158 valence electrons. The third-order valence-electron chi connectivity index (χ3n) is 4.42. The number of anilines is 2. The molecule has 0 spiro atoms. The fourth-order valence-electron chi connectivity index (χ4n) is 3.01. The molecule has 2 aliphatic heterocycles. The number of carbonyl (C=O) groups is 1. The molecule has 0 radical (unpaired) electrons.